The molecule has 1 aliphatic rings. The molecule has 0 atom stereocenters. The molecule has 1 aliphatic carbocycles. The van der Waals surface area contributed by atoms with Crippen molar-refractivity contribution < 1.29 is 4.39 Å². The molecule has 4 nitrogen and oxygen atoms in total. The summed E-state index contributed by atoms with van der Waals surface area (Å²) in [5, 5.41) is 3.10. The number of nitrogens with two attached hydrogens (primary N) is 1. The van der Waals surface area contributed by atoms with Crippen LogP contribution in [0.15, 0.2) is 6.33 Å². The van der Waals surface area contributed by atoms with Crippen molar-refractivity contribution in [2.45, 2.75) is 31.7 Å². The largest absolute Gasteiger partial charge is 0.361 e. The molecule has 0 amide bonds. The molecule has 0 aromatic carbocycles. The molecule has 0 saturated heterocycles. The first-order valence-corrected chi connectivity index (χ1v) is 5.12. The smallest absolute Gasteiger partial charge is 0.186 e. The molecule has 1 aromatic rings. The van der Waals surface area contributed by atoms with E-state index in [1.54, 1.807) is 6.92 Å². The van der Waals surface area contributed by atoms with E-state index < -0.39 is 0 Å². The van der Waals surface area contributed by atoms with Gasteiger partial charge in [0.05, 0.1) is 11.2 Å². The third kappa shape index (κ3) is 1.79. The summed E-state index contributed by atoms with van der Waals surface area (Å²) >= 11 is 0. The molecule has 1 fully saturated rings. The van der Waals surface area contributed by atoms with Crippen LogP contribution >= 0.6 is 0 Å². The lowest BCUT2D eigenvalue weighted by molar-refractivity contribution is 0.285. The van der Waals surface area contributed by atoms with Gasteiger partial charge in [0.15, 0.2) is 11.6 Å². The second-order valence-electron chi connectivity index (χ2n) is 4.08. The van der Waals surface area contributed by atoms with E-state index in [1.807, 2.05) is 0 Å². The molecule has 0 radical (unpaired) electrons. The van der Waals surface area contributed by atoms with Crippen LogP contribution in [0.25, 0.3) is 0 Å². The Bertz CT molecular complexity index is 357. The molecule has 3 N–H and O–H groups in total. The summed E-state index contributed by atoms with van der Waals surface area (Å²) in [4.78, 5) is 7.68. The van der Waals surface area contributed by atoms with Gasteiger partial charge in [0, 0.05) is 6.54 Å². The number of nitrogens with one attached hydrogen (secondary N) is 1. The fourth-order valence-electron chi connectivity index (χ4n) is 1.78. The van der Waals surface area contributed by atoms with E-state index in [9.17, 15) is 4.39 Å². The number of halogens is 1. The van der Waals surface area contributed by atoms with Gasteiger partial charge in [-0.15, -0.1) is 0 Å². The first kappa shape index (κ1) is 10.3. The maximum Gasteiger partial charge on any atom is 0.186 e. The van der Waals surface area contributed by atoms with E-state index in [4.69, 9.17) is 5.73 Å². The highest BCUT2D eigenvalue weighted by Gasteiger charge is 2.36. The highest BCUT2D eigenvalue weighted by molar-refractivity contribution is 5.41. The highest BCUT2D eigenvalue weighted by Crippen LogP contribution is 2.34. The Labute approximate surface area is 88.1 Å². The van der Waals surface area contributed by atoms with Gasteiger partial charge in [-0.3, -0.25) is 0 Å². The summed E-state index contributed by atoms with van der Waals surface area (Å²) in [6, 6.07) is 0. The summed E-state index contributed by atoms with van der Waals surface area (Å²) < 4.78 is 13.6. The van der Waals surface area contributed by atoms with Crippen LogP contribution in [0.1, 0.15) is 25.0 Å². The fraction of sp³-hybridized carbons (Fsp3) is 0.600. The molecular formula is C10H15FN4. The van der Waals surface area contributed by atoms with Gasteiger partial charge >= 0.3 is 0 Å². The van der Waals surface area contributed by atoms with Crippen LogP contribution in [-0.4, -0.2) is 22.1 Å². The maximum atomic E-state index is 13.6. The zero-order chi connectivity index (χ0) is 10.9. The third-order valence-electron chi connectivity index (χ3n) is 3.05. The summed E-state index contributed by atoms with van der Waals surface area (Å²) in [7, 11) is 0. The first-order chi connectivity index (χ1) is 7.17. The maximum absolute atomic E-state index is 13.6. The van der Waals surface area contributed by atoms with Crippen molar-refractivity contribution >= 4 is 5.82 Å². The van der Waals surface area contributed by atoms with Crippen LogP contribution in [0.4, 0.5) is 10.2 Å². The fourth-order valence-corrected chi connectivity index (χ4v) is 1.78. The Hall–Kier alpha value is -1.23. The molecule has 82 valence electrons. The number of nitrogens with zero attached hydrogens (tertiary/aromatic N) is 2. The average Bonchev–Trinajstić information content (AvgIpc) is 2.18. The van der Waals surface area contributed by atoms with Crippen LogP contribution in [0.3, 0.4) is 0 Å². The monoisotopic (exact) mass is 210 g/mol. The zero-order valence-electron chi connectivity index (χ0n) is 8.76. The minimum atomic E-state index is -0.378. The molecule has 0 spiro atoms. The van der Waals surface area contributed by atoms with E-state index in [0.29, 0.717) is 12.2 Å². The van der Waals surface area contributed by atoms with Crippen molar-refractivity contribution in [2.75, 3.05) is 11.9 Å². The molecule has 1 heterocycles. The number of aryl methyl sites for hydroxylation is 1. The van der Waals surface area contributed by atoms with E-state index in [-0.39, 0.29) is 17.2 Å². The Morgan fingerprint density at radius 2 is 2.27 bits per heavy atom. The molecule has 15 heavy (non-hydrogen) atoms. The predicted molar refractivity (Wildman–Crippen MR) is 56.0 cm³/mol. The number of anilines is 1. The van der Waals surface area contributed by atoms with Crippen molar-refractivity contribution in [2.24, 2.45) is 5.73 Å². The Morgan fingerprint density at radius 3 is 2.80 bits per heavy atom. The molecule has 1 saturated carbocycles. The normalized spacial score (nSPS) is 18.3. The van der Waals surface area contributed by atoms with Gasteiger partial charge in [0.25, 0.3) is 0 Å². The summed E-state index contributed by atoms with van der Waals surface area (Å²) in [5.41, 5.74) is 5.89. The molecule has 5 heteroatoms. The number of hydrogen-bond donors (Lipinski definition) is 2. The molecule has 2 rings (SSSR count). The van der Waals surface area contributed by atoms with Crippen molar-refractivity contribution in [1.29, 1.82) is 0 Å². The molecule has 1 aromatic heterocycles. The van der Waals surface area contributed by atoms with Crippen molar-refractivity contribution in [3.05, 3.63) is 17.8 Å². The van der Waals surface area contributed by atoms with Gasteiger partial charge in [-0.2, -0.15) is 0 Å². The Morgan fingerprint density at radius 1 is 1.53 bits per heavy atom. The van der Waals surface area contributed by atoms with E-state index in [2.05, 4.69) is 15.3 Å². The second-order valence-corrected chi connectivity index (χ2v) is 4.08. The van der Waals surface area contributed by atoms with Crippen LogP contribution in [0.2, 0.25) is 0 Å². The summed E-state index contributed by atoms with van der Waals surface area (Å²) in [6.07, 6.45) is 4.46. The quantitative estimate of drug-likeness (QED) is 0.787. The van der Waals surface area contributed by atoms with Crippen LogP contribution < -0.4 is 11.1 Å². The lowest BCUT2D eigenvalue weighted by Crippen LogP contribution is -2.51. The lowest BCUT2D eigenvalue weighted by atomic mass is 9.77. The number of rotatable bonds is 3. The minimum absolute atomic E-state index is 0.151. The first-order valence-electron chi connectivity index (χ1n) is 5.12. The highest BCUT2D eigenvalue weighted by atomic mass is 19.1. The topological polar surface area (TPSA) is 63.8 Å². The van der Waals surface area contributed by atoms with Crippen LogP contribution in [-0.2, 0) is 0 Å². The molecular weight excluding hydrogens is 195 g/mol. The van der Waals surface area contributed by atoms with Crippen LogP contribution in [0.5, 0.6) is 0 Å². The molecule has 0 bridgehead atoms. The SMILES string of the molecule is Cc1ncnc(NC2(CN)CCC2)c1F. The molecule has 0 unspecified atom stereocenters. The van der Waals surface area contributed by atoms with E-state index in [0.717, 1.165) is 19.3 Å². The van der Waals surface area contributed by atoms with Gasteiger partial charge in [0.2, 0.25) is 0 Å². The van der Waals surface area contributed by atoms with E-state index in [1.165, 1.54) is 6.33 Å². The van der Waals surface area contributed by atoms with Gasteiger partial charge in [0.1, 0.15) is 6.33 Å². The Balaban J connectivity index is 2.20. The lowest BCUT2D eigenvalue weighted by Gasteiger charge is -2.42. The second kappa shape index (κ2) is 3.73. The van der Waals surface area contributed by atoms with Gasteiger partial charge in [-0.25, -0.2) is 14.4 Å². The van der Waals surface area contributed by atoms with Gasteiger partial charge in [-0.1, -0.05) is 0 Å². The average molecular weight is 210 g/mol. The number of hydrogen-bond acceptors (Lipinski definition) is 4. The summed E-state index contributed by atoms with van der Waals surface area (Å²) in [5.74, 6) is -0.107. The van der Waals surface area contributed by atoms with Crippen LogP contribution in [0, 0.1) is 12.7 Å². The standard InChI is InChI=1S/C10H15FN4/c1-7-8(11)9(14-6-13-7)15-10(5-12)3-2-4-10/h6H,2-5,12H2,1H3,(H,13,14,15). The number of aromatic nitrogens is 2. The van der Waals surface area contributed by atoms with Crippen molar-refractivity contribution in [3.8, 4) is 0 Å². The zero-order valence-corrected chi connectivity index (χ0v) is 8.76. The van der Waals surface area contributed by atoms with Gasteiger partial charge < -0.3 is 11.1 Å². The Kier molecular flexibility index (Phi) is 2.56. The predicted octanol–water partition coefficient (Wildman–Crippen LogP) is 1.22. The van der Waals surface area contributed by atoms with Crippen molar-refractivity contribution in [3.63, 3.8) is 0 Å². The molecule has 0 aliphatic heterocycles. The third-order valence-corrected chi connectivity index (χ3v) is 3.05. The van der Waals surface area contributed by atoms with Gasteiger partial charge in [-0.05, 0) is 26.2 Å². The van der Waals surface area contributed by atoms with E-state index >= 15 is 0 Å². The van der Waals surface area contributed by atoms with Crippen molar-refractivity contribution in [1.82, 2.24) is 9.97 Å². The minimum Gasteiger partial charge on any atom is -0.361 e. The summed E-state index contributed by atoms with van der Waals surface area (Å²) in [6.45, 7) is 2.13.